The highest BCUT2D eigenvalue weighted by molar-refractivity contribution is 5.95. The van der Waals surface area contributed by atoms with Gasteiger partial charge in [0.2, 0.25) is 0 Å². The molecule has 3 aliphatic heterocycles. The summed E-state index contributed by atoms with van der Waals surface area (Å²) < 4.78 is 86.7. The van der Waals surface area contributed by atoms with Crippen LogP contribution in [0.5, 0.6) is 0 Å². The van der Waals surface area contributed by atoms with Crippen molar-refractivity contribution >= 4 is 11.9 Å². The Labute approximate surface area is 234 Å². The molecule has 222 valence electrons. The summed E-state index contributed by atoms with van der Waals surface area (Å²) in [6, 6.07) is 10.0. The monoisotopic (exact) mass is 582 g/mol. The van der Waals surface area contributed by atoms with Gasteiger partial charge in [0.25, 0.3) is 5.91 Å². The molecule has 2 unspecified atom stereocenters. The number of hydrogen-bond acceptors (Lipinski definition) is 4. The second-order valence-electron chi connectivity index (χ2n) is 11.4. The number of carbonyl (C=O) groups excluding carboxylic acids is 2. The summed E-state index contributed by atoms with van der Waals surface area (Å²) in [5.41, 5.74) is -3.14. The Morgan fingerprint density at radius 3 is 2.12 bits per heavy atom. The third-order valence-electron chi connectivity index (χ3n) is 8.67. The van der Waals surface area contributed by atoms with E-state index in [9.17, 15) is 35.9 Å². The Hall–Kier alpha value is -3.08. The summed E-state index contributed by atoms with van der Waals surface area (Å²) in [5.74, 6) is -1.00. The normalized spacial score (nSPS) is 23.9. The third kappa shape index (κ3) is 6.71. The maximum absolute atomic E-state index is 13.6. The lowest BCUT2D eigenvalue weighted by Crippen LogP contribution is -2.56. The molecule has 0 radical (unpaired) electrons. The van der Waals surface area contributed by atoms with Crippen LogP contribution in [0.25, 0.3) is 0 Å². The number of carbonyl (C=O) groups is 2. The fourth-order valence-electron chi connectivity index (χ4n) is 6.50. The van der Waals surface area contributed by atoms with Crippen molar-refractivity contribution in [3.05, 3.63) is 70.8 Å². The predicted molar refractivity (Wildman–Crippen MR) is 138 cm³/mol. The summed E-state index contributed by atoms with van der Waals surface area (Å²) in [4.78, 5) is 29.3. The Morgan fingerprint density at radius 1 is 0.902 bits per heavy atom. The smallest absolute Gasteiger partial charge is 0.416 e. The SMILES string of the molecule is O=C1CCCC2(CCN(C3CCN(C(=O)c4cc(C(F)(F)F)cc(C(F)(F)F)c4)C(Cc4ccccc4)C3)CC2)O1. The number of rotatable bonds is 4. The van der Waals surface area contributed by atoms with Crippen LogP contribution in [0.4, 0.5) is 26.3 Å². The largest absolute Gasteiger partial charge is 0.459 e. The summed E-state index contributed by atoms with van der Waals surface area (Å²) in [7, 11) is 0. The number of likely N-dealkylation sites (tertiary alicyclic amines) is 2. The van der Waals surface area contributed by atoms with Gasteiger partial charge in [-0.15, -0.1) is 0 Å². The number of nitrogens with zero attached hydrogens (tertiary/aromatic N) is 2. The highest BCUT2D eigenvalue weighted by Crippen LogP contribution is 2.39. The van der Waals surface area contributed by atoms with Crippen LogP contribution in [0.2, 0.25) is 0 Å². The predicted octanol–water partition coefficient (Wildman–Crippen LogP) is 6.50. The van der Waals surface area contributed by atoms with Gasteiger partial charge in [0.15, 0.2) is 0 Å². The van der Waals surface area contributed by atoms with Crippen molar-refractivity contribution < 1.29 is 40.7 Å². The first kappa shape index (κ1) is 29.4. The fourth-order valence-corrected chi connectivity index (χ4v) is 6.50. The molecule has 2 aromatic rings. The van der Waals surface area contributed by atoms with Gasteiger partial charge >= 0.3 is 18.3 Å². The number of esters is 1. The number of ether oxygens (including phenoxy) is 1. The van der Waals surface area contributed by atoms with Crippen LogP contribution in [0.15, 0.2) is 48.5 Å². The van der Waals surface area contributed by atoms with Crippen molar-refractivity contribution in [2.24, 2.45) is 0 Å². The average molecular weight is 583 g/mol. The maximum atomic E-state index is 13.6. The second-order valence-corrected chi connectivity index (χ2v) is 11.4. The van der Waals surface area contributed by atoms with E-state index in [0.29, 0.717) is 63.7 Å². The topological polar surface area (TPSA) is 49.9 Å². The number of amides is 1. The van der Waals surface area contributed by atoms with Gasteiger partial charge < -0.3 is 9.64 Å². The fraction of sp³-hybridized carbons (Fsp3) is 0.533. The van der Waals surface area contributed by atoms with Gasteiger partial charge in [-0.25, -0.2) is 0 Å². The minimum atomic E-state index is -5.04. The first-order valence-electron chi connectivity index (χ1n) is 13.9. The van der Waals surface area contributed by atoms with Crippen molar-refractivity contribution in [2.75, 3.05) is 19.6 Å². The zero-order chi connectivity index (χ0) is 29.4. The Kier molecular flexibility index (Phi) is 8.11. The molecule has 41 heavy (non-hydrogen) atoms. The van der Waals surface area contributed by atoms with Crippen molar-refractivity contribution in [1.82, 2.24) is 9.80 Å². The molecule has 5 nitrogen and oxygen atoms in total. The summed E-state index contributed by atoms with van der Waals surface area (Å²) in [5, 5.41) is 0. The molecule has 2 atom stereocenters. The molecule has 0 saturated carbocycles. The molecule has 3 saturated heterocycles. The summed E-state index contributed by atoms with van der Waals surface area (Å²) in [6.45, 7) is 1.63. The Balaban J connectivity index is 1.37. The summed E-state index contributed by atoms with van der Waals surface area (Å²) in [6.07, 6.45) is -5.07. The highest BCUT2D eigenvalue weighted by atomic mass is 19.4. The number of alkyl halides is 6. The summed E-state index contributed by atoms with van der Waals surface area (Å²) >= 11 is 0. The highest BCUT2D eigenvalue weighted by Gasteiger charge is 2.44. The van der Waals surface area contributed by atoms with Gasteiger partial charge in [0.1, 0.15) is 5.60 Å². The molecule has 11 heteroatoms. The van der Waals surface area contributed by atoms with Crippen LogP contribution in [0, 0.1) is 0 Å². The first-order chi connectivity index (χ1) is 19.3. The molecule has 3 fully saturated rings. The van der Waals surface area contributed by atoms with E-state index in [-0.39, 0.29) is 24.6 Å². The molecule has 0 bridgehead atoms. The lowest BCUT2D eigenvalue weighted by atomic mass is 9.82. The molecule has 1 amide bonds. The van der Waals surface area contributed by atoms with Crippen LogP contribution < -0.4 is 0 Å². The first-order valence-corrected chi connectivity index (χ1v) is 13.9. The van der Waals surface area contributed by atoms with E-state index < -0.39 is 46.6 Å². The van der Waals surface area contributed by atoms with Gasteiger partial charge in [-0.3, -0.25) is 14.5 Å². The molecule has 0 N–H and O–H groups in total. The minimum absolute atomic E-state index is 0.0389. The Morgan fingerprint density at radius 2 is 1.54 bits per heavy atom. The number of piperidine rings is 2. The van der Waals surface area contributed by atoms with Crippen molar-refractivity contribution in [3.63, 3.8) is 0 Å². The van der Waals surface area contributed by atoms with Crippen LogP contribution in [-0.2, 0) is 28.3 Å². The maximum Gasteiger partial charge on any atom is 0.416 e. The van der Waals surface area contributed by atoms with Crippen molar-refractivity contribution in [2.45, 2.75) is 81.4 Å². The molecule has 1 spiro atoms. The van der Waals surface area contributed by atoms with Gasteiger partial charge in [-0.2, -0.15) is 26.3 Å². The van der Waals surface area contributed by atoms with E-state index in [2.05, 4.69) is 4.90 Å². The average Bonchev–Trinajstić information content (AvgIpc) is 2.92. The van der Waals surface area contributed by atoms with E-state index in [1.165, 1.54) is 4.90 Å². The molecule has 0 aromatic heterocycles. The van der Waals surface area contributed by atoms with Crippen LogP contribution in [0.1, 0.15) is 72.0 Å². The number of halogens is 6. The zero-order valence-electron chi connectivity index (χ0n) is 22.4. The van der Waals surface area contributed by atoms with Gasteiger partial charge in [-0.05, 0) is 68.7 Å². The standard InChI is InChI=1S/C30H32F6N2O3/c31-29(32,33)22-16-21(17-23(18-22)30(34,35)36)27(40)38-12-8-24(19-25(38)15-20-5-2-1-3-6-20)37-13-10-28(11-14-37)9-4-7-26(39)41-28/h1-3,5-6,16-18,24-25H,4,7-15,19H2. The zero-order valence-corrected chi connectivity index (χ0v) is 22.4. The van der Waals surface area contributed by atoms with Gasteiger partial charge in [0.05, 0.1) is 11.1 Å². The van der Waals surface area contributed by atoms with Crippen molar-refractivity contribution in [3.8, 4) is 0 Å². The lowest BCUT2D eigenvalue weighted by Gasteiger charge is -2.48. The Bertz CT molecular complexity index is 1220. The van der Waals surface area contributed by atoms with E-state index >= 15 is 0 Å². The van der Waals surface area contributed by atoms with Crippen molar-refractivity contribution in [1.29, 1.82) is 0 Å². The van der Waals surface area contributed by atoms with Crippen LogP contribution in [0.3, 0.4) is 0 Å². The van der Waals surface area contributed by atoms with E-state index in [4.69, 9.17) is 4.74 Å². The van der Waals surface area contributed by atoms with E-state index in [0.717, 1.165) is 18.4 Å². The molecule has 3 heterocycles. The molecule has 2 aromatic carbocycles. The van der Waals surface area contributed by atoms with E-state index in [1.54, 1.807) is 0 Å². The van der Waals surface area contributed by atoms with Crippen LogP contribution in [-0.4, -0.2) is 59.0 Å². The second kappa shape index (κ2) is 11.3. The molecular formula is C30H32F6N2O3. The van der Waals surface area contributed by atoms with Gasteiger partial charge in [0, 0.05) is 43.7 Å². The number of hydrogen-bond donors (Lipinski definition) is 0. The van der Waals surface area contributed by atoms with Crippen LogP contribution >= 0.6 is 0 Å². The molecule has 0 aliphatic carbocycles. The quantitative estimate of drug-likeness (QED) is 0.305. The van der Waals surface area contributed by atoms with Gasteiger partial charge in [-0.1, -0.05) is 30.3 Å². The number of benzene rings is 2. The van der Waals surface area contributed by atoms with E-state index in [1.807, 2.05) is 30.3 Å². The molecular weight excluding hydrogens is 550 g/mol. The molecule has 5 rings (SSSR count). The molecule has 3 aliphatic rings. The third-order valence-corrected chi connectivity index (χ3v) is 8.67. The lowest BCUT2D eigenvalue weighted by molar-refractivity contribution is -0.174. The minimum Gasteiger partial charge on any atom is -0.459 e.